The monoisotopic (exact) mass is 346 g/mol. The maximum absolute atomic E-state index is 12.6. The molecule has 0 saturated heterocycles. The topological polar surface area (TPSA) is 84.5 Å². The van der Waals surface area contributed by atoms with Crippen LogP contribution < -0.4 is 14.8 Å². The van der Waals surface area contributed by atoms with Crippen LogP contribution in [0.3, 0.4) is 0 Å². The molecule has 1 heterocycles. The molecule has 2 N–H and O–H groups in total. The Morgan fingerprint density at radius 2 is 1.96 bits per heavy atom. The van der Waals surface area contributed by atoms with E-state index in [9.17, 15) is 13.2 Å². The maximum Gasteiger partial charge on any atom is 0.262 e. The third kappa shape index (κ3) is 3.35. The highest BCUT2D eigenvalue weighted by molar-refractivity contribution is 7.92. The first-order valence-electron chi connectivity index (χ1n) is 7.54. The van der Waals surface area contributed by atoms with E-state index in [0.29, 0.717) is 23.0 Å². The molecule has 1 aliphatic heterocycles. The fraction of sp³-hybridized carbons (Fsp3) is 0.235. The number of carbonyl (C=O) groups is 1. The Kier molecular flexibility index (Phi) is 4.19. The predicted molar refractivity (Wildman–Crippen MR) is 91.9 cm³/mol. The van der Waals surface area contributed by atoms with E-state index in [2.05, 4.69) is 10.0 Å². The number of anilines is 2. The lowest BCUT2D eigenvalue weighted by atomic mass is 10.0. The fourth-order valence-electron chi connectivity index (χ4n) is 2.40. The van der Waals surface area contributed by atoms with Crippen molar-refractivity contribution in [2.45, 2.75) is 24.7 Å². The Labute approximate surface area is 140 Å². The first-order chi connectivity index (χ1) is 11.3. The smallest absolute Gasteiger partial charge is 0.262 e. The largest absolute Gasteiger partial charge is 0.482 e. The number of ether oxygens (including phenoxy) is 1. The van der Waals surface area contributed by atoms with Crippen molar-refractivity contribution in [3.05, 3.63) is 48.0 Å². The second-order valence-electron chi connectivity index (χ2n) is 5.88. The second-order valence-corrected chi connectivity index (χ2v) is 7.56. The van der Waals surface area contributed by atoms with E-state index in [1.165, 1.54) is 18.2 Å². The van der Waals surface area contributed by atoms with Crippen LogP contribution in [0.5, 0.6) is 5.75 Å². The van der Waals surface area contributed by atoms with E-state index in [4.69, 9.17) is 4.74 Å². The number of sulfonamides is 1. The molecule has 24 heavy (non-hydrogen) atoms. The summed E-state index contributed by atoms with van der Waals surface area (Å²) in [5.41, 5.74) is 1.89. The highest BCUT2D eigenvalue weighted by Crippen LogP contribution is 2.31. The van der Waals surface area contributed by atoms with Crippen LogP contribution in [0.1, 0.15) is 25.3 Å². The van der Waals surface area contributed by atoms with Crippen LogP contribution in [0.2, 0.25) is 0 Å². The minimum absolute atomic E-state index is 0.0574. The summed E-state index contributed by atoms with van der Waals surface area (Å²) < 4.78 is 33.0. The molecule has 0 aliphatic carbocycles. The van der Waals surface area contributed by atoms with Gasteiger partial charge in [-0.2, -0.15) is 0 Å². The molecular formula is C17H18N2O4S. The summed E-state index contributed by atoms with van der Waals surface area (Å²) in [6.07, 6.45) is 0. The first-order valence-corrected chi connectivity index (χ1v) is 9.03. The third-order valence-corrected chi connectivity index (χ3v) is 5.08. The third-order valence-electron chi connectivity index (χ3n) is 3.70. The van der Waals surface area contributed by atoms with Gasteiger partial charge in [0.15, 0.2) is 6.61 Å². The minimum atomic E-state index is -3.76. The molecule has 2 aromatic carbocycles. The molecular weight excluding hydrogens is 328 g/mol. The van der Waals surface area contributed by atoms with Crippen molar-refractivity contribution in [1.29, 1.82) is 0 Å². The summed E-state index contributed by atoms with van der Waals surface area (Å²) in [4.78, 5) is 11.4. The van der Waals surface area contributed by atoms with E-state index < -0.39 is 10.0 Å². The highest BCUT2D eigenvalue weighted by atomic mass is 32.2. The van der Waals surface area contributed by atoms with Crippen molar-refractivity contribution in [2.24, 2.45) is 0 Å². The fourth-order valence-corrected chi connectivity index (χ4v) is 3.48. The molecule has 1 amide bonds. The minimum Gasteiger partial charge on any atom is -0.482 e. The van der Waals surface area contributed by atoms with Crippen LogP contribution in [0.25, 0.3) is 0 Å². The van der Waals surface area contributed by atoms with Gasteiger partial charge in [0.2, 0.25) is 0 Å². The van der Waals surface area contributed by atoms with E-state index in [-0.39, 0.29) is 17.4 Å². The van der Waals surface area contributed by atoms with Crippen LogP contribution in [-0.4, -0.2) is 20.9 Å². The maximum atomic E-state index is 12.6. The summed E-state index contributed by atoms with van der Waals surface area (Å²) >= 11 is 0. The van der Waals surface area contributed by atoms with Gasteiger partial charge in [-0.05, 0) is 41.8 Å². The van der Waals surface area contributed by atoms with Crippen molar-refractivity contribution in [3.63, 3.8) is 0 Å². The Balaban J connectivity index is 1.90. The van der Waals surface area contributed by atoms with Gasteiger partial charge in [-0.1, -0.05) is 26.0 Å². The van der Waals surface area contributed by atoms with Crippen LogP contribution in [0.15, 0.2) is 47.4 Å². The van der Waals surface area contributed by atoms with Gasteiger partial charge in [-0.25, -0.2) is 8.42 Å². The number of hydrogen-bond donors (Lipinski definition) is 2. The van der Waals surface area contributed by atoms with Gasteiger partial charge in [0.1, 0.15) is 5.75 Å². The van der Waals surface area contributed by atoms with Gasteiger partial charge in [-0.3, -0.25) is 9.52 Å². The Morgan fingerprint density at radius 1 is 1.17 bits per heavy atom. The number of benzene rings is 2. The predicted octanol–water partition coefficient (Wildman–Crippen LogP) is 2.94. The van der Waals surface area contributed by atoms with Gasteiger partial charge in [0.25, 0.3) is 15.9 Å². The van der Waals surface area contributed by atoms with Gasteiger partial charge in [0, 0.05) is 5.69 Å². The molecule has 0 aromatic heterocycles. The zero-order valence-electron chi connectivity index (χ0n) is 13.4. The quantitative estimate of drug-likeness (QED) is 0.891. The summed E-state index contributed by atoms with van der Waals surface area (Å²) in [5.74, 6) is 0.440. The SMILES string of the molecule is CC(C)c1cccc(NS(=O)(=O)c2ccc3c(c2)NC(=O)CO3)c1. The van der Waals surface area contributed by atoms with Crippen LogP contribution >= 0.6 is 0 Å². The van der Waals surface area contributed by atoms with Crippen LogP contribution in [0, 0.1) is 0 Å². The lowest BCUT2D eigenvalue weighted by Gasteiger charge is -2.18. The van der Waals surface area contributed by atoms with E-state index in [1.807, 2.05) is 32.0 Å². The van der Waals surface area contributed by atoms with E-state index in [1.54, 1.807) is 6.07 Å². The number of nitrogens with one attached hydrogen (secondary N) is 2. The lowest BCUT2D eigenvalue weighted by Crippen LogP contribution is -2.25. The first kappa shape index (κ1) is 16.3. The van der Waals surface area contributed by atoms with Gasteiger partial charge in [0.05, 0.1) is 10.6 Å². The zero-order valence-corrected chi connectivity index (χ0v) is 14.2. The Morgan fingerprint density at radius 3 is 2.71 bits per heavy atom. The number of carbonyl (C=O) groups excluding carboxylic acids is 1. The molecule has 126 valence electrons. The molecule has 0 atom stereocenters. The molecule has 0 radical (unpaired) electrons. The van der Waals surface area contributed by atoms with Crippen molar-refractivity contribution < 1.29 is 17.9 Å². The number of fused-ring (bicyclic) bond motifs is 1. The van der Waals surface area contributed by atoms with Crippen molar-refractivity contribution >= 4 is 27.3 Å². The number of amides is 1. The van der Waals surface area contributed by atoms with Crippen LogP contribution in [0.4, 0.5) is 11.4 Å². The zero-order chi connectivity index (χ0) is 17.3. The van der Waals surface area contributed by atoms with E-state index in [0.717, 1.165) is 5.56 Å². The molecule has 0 fully saturated rings. The Bertz CT molecular complexity index is 891. The van der Waals surface area contributed by atoms with Crippen molar-refractivity contribution in [3.8, 4) is 5.75 Å². The van der Waals surface area contributed by atoms with Crippen LogP contribution in [-0.2, 0) is 14.8 Å². The second kappa shape index (κ2) is 6.16. The molecule has 0 spiro atoms. The molecule has 6 nitrogen and oxygen atoms in total. The molecule has 7 heteroatoms. The molecule has 2 aromatic rings. The Hall–Kier alpha value is -2.54. The average molecular weight is 346 g/mol. The van der Waals surface area contributed by atoms with Crippen molar-refractivity contribution in [2.75, 3.05) is 16.6 Å². The number of rotatable bonds is 4. The summed E-state index contributed by atoms with van der Waals surface area (Å²) in [5, 5.41) is 2.60. The van der Waals surface area contributed by atoms with Gasteiger partial charge in [-0.15, -0.1) is 0 Å². The highest BCUT2D eigenvalue weighted by Gasteiger charge is 2.21. The standard InChI is InChI=1S/C17H18N2O4S/c1-11(2)12-4-3-5-13(8-12)19-24(21,22)14-6-7-16-15(9-14)18-17(20)10-23-16/h3-9,11,19H,10H2,1-2H3,(H,18,20). The van der Waals surface area contributed by atoms with Gasteiger partial charge >= 0.3 is 0 Å². The number of hydrogen-bond acceptors (Lipinski definition) is 4. The summed E-state index contributed by atoms with van der Waals surface area (Å²) in [7, 11) is -3.76. The molecule has 0 unspecified atom stereocenters. The summed E-state index contributed by atoms with van der Waals surface area (Å²) in [6, 6.07) is 11.7. The lowest BCUT2D eigenvalue weighted by molar-refractivity contribution is -0.118. The van der Waals surface area contributed by atoms with Crippen molar-refractivity contribution in [1.82, 2.24) is 0 Å². The van der Waals surface area contributed by atoms with E-state index >= 15 is 0 Å². The normalized spacial score (nSPS) is 13.9. The van der Waals surface area contributed by atoms with Gasteiger partial charge < -0.3 is 10.1 Å². The molecule has 0 bridgehead atoms. The summed E-state index contributed by atoms with van der Waals surface area (Å²) in [6.45, 7) is 4.01. The molecule has 0 saturated carbocycles. The molecule has 1 aliphatic rings. The average Bonchev–Trinajstić information content (AvgIpc) is 2.54. The molecule has 3 rings (SSSR count).